The molecule has 3 rings (SSSR count). The van der Waals surface area contributed by atoms with E-state index in [1.54, 1.807) is 50.2 Å². The molecule has 7 nitrogen and oxygen atoms in total. The van der Waals surface area contributed by atoms with Gasteiger partial charge >= 0.3 is 5.97 Å². The zero-order valence-electron chi connectivity index (χ0n) is 18.9. The summed E-state index contributed by atoms with van der Waals surface area (Å²) in [6.45, 7) is 6.68. The first-order chi connectivity index (χ1) is 15.6. The van der Waals surface area contributed by atoms with Crippen molar-refractivity contribution < 1.29 is 22.7 Å². The summed E-state index contributed by atoms with van der Waals surface area (Å²) in [4.78, 5) is 25.0. The molecule has 0 saturated heterocycles. The van der Waals surface area contributed by atoms with Crippen LogP contribution >= 0.6 is 0 Å². The average molecular weight is 467 g/mol. The van der Waals surface area contributed by atoms with Gasteiger partial charge in [-0.05, 0) is 62.6 Å². The van der Waals surface area contributed by atoms with E-state index in [1.165, 1.54) is 12.1 Å². The highest BCUT2D eigenvalue weighted by Gasteiger charge is 2.23. The topological polar surface area (TPSA) is 102 Å². The molecule has 3 aromatic rings. The summed E-state index contributed by atoms with van der Waals surface area (Å²) < 4.78 is 33.8. The van der Waals surface area contributed by atoms with Gasteiger partial charge in [0.05, 0.1) is 16.1 Å². The third kappa shape index (κ3) is 5.78. The summed E-state index contributed by atoms with van der Waals surface area (Å²) in [5.74, 6) is -1.31. The third-order valence-corrected chi connectivity index (χ3v) is 6.69. The molecule has 8 heteroatoms. The quantitative estimate of drug-likeness (QED) is 0.499. The van der Waals surface area contributed by atoms with E-state index in [-0.39, 0.29) is 16.1 Å². The fraction of sp³-hybridized carbons (Fsp3) is 0.200. The summed E-state index contributed by atoms with van der Waals surface area (Å²) in [5.41, 5.74) is 3.74. The molecule has 0 aromatic heterocycles. The number of esters is 1. The minimum atomic E-state index is -3.96. The molecule has 33 heavy (non-hydrogen) atoms. The van der Waals surface area contributed by atoms with Crippen molar-refractivity contribution in [2.24, 2.45) is 0 Å². The van der Waals surface area contributed by atoms with Gasteiger partial charge in [0, 0.05) is 5.69 Å². The van der Waals surface area contributed by atoms with Crippen LogP contribution in [0.25, 0.3) is 0 Å². The van der Waals surface area contributed by atoms with Gasteiger partial charge in [-0.25, -0.2) is 13.2 Å². The standard InChI is InChI=1S/C25H26N2O5S/c1-16-13-18(3)24(19(4)14-16)33(30,31)27-22-12-8-6-10-20(22)25(29)32-15-23(28)26-21-11-7-5-9-17(21)2/h5-14,27H,15H2,1-4H3,(H,26,28). The SMILES string of the molecule is Cc1cc(C)c(S(=O)(=O)Nc2ccccc2C(=O)OCC(=O)Nc2ccccc2C)c(C)c1. The van der Waals surface area contributed by atoms with Gasteiger partial charge in [0.2, 0.25) is 0 Å². The van der Waals surface area contributed by atoms with Crippen LogP contribution in [-0.2, 0) is 19.6 Å². The summed E-state index contributed by atoms with van der Waals surface area (Å²) >= 11 is 0. The van der Waals surface area contributed by atoms with E-state index in [1.807, 2.05) is 26.0 Å². The first-order valence-corrected chi connectivity index (χ1v) is 11.8. The van der Waals surface area contributed by atoms with Crippen LogP contribution in [0, 0.1) is 27.7 Å². The maximum atomic E-state index is 13.1. The largest absolute Gasteiger partial charge is 0.452 e. The van der Waals surface area contributed by atoms with Crippen LogP contribution in [0.15, 0.2) is 65.6 Å². The second-order valence-electron chi connectivity index (χ2n) is 7.82. The lowest BCUT2D eigenvalue weighted by Crippen LogP contribution is -2.22. The highest BCUT2D eigenvalue weighted by Crippen LogP contribution is 2.26. The van der Waals surface area contributed by atoms with Crippen LogP contribution < -0.4 is 10.0 Å². The summed E-state index contributed by atoms with van der Waals surface area (Å²) in [5, 5.41) is 2.68. The summed E-state index contributed by atoms with van der Waals surface area (Å²) in [7, 11) is -3.96. The minimum absolute atomic E-state index is 0.00665. The van der Waals surface area contributed by atoms with Crippen molar-refractivity contribution in [1.82, 2.24) is 0 Å². The van der Waals surface area contributed by atoms with E-state index in [4.69, 9.17) is 4.74 Å². The van der Waals surface area contributed by atoms with Crippen molar-refractivity contribution in [2.45, 2.75) is 32.6 Å². The van der Waals surface area contributed by atoms with Crippen molar-refractivity contribution in [3.05, 3.63) is 88.5 Å². The lowest BCUT2D eigenvalue weighted by Gasteiger charge is -2.16. The molecular weight excluding hydrogens is 440 g/mol. The number of sulfonamides is 1. The maximum Gasteiger partial charge on any atom is 0.340 e. The average Bonchev–Trinajstić information content (AvgIpc) is 2.73. The van der Waals surface area contributed by atoms with Gasteiger partial charge in [0.15, 0.2) is 6.61 Å². The molecule has 0 unspecified atom stereocenters. The fourth-order valence-corrected chi connectivity index (χ4v) is 5.18. The number of carbonyl (C=O) groups excluding carboxylic acids is 2. The molecule has 0 spiro atoms. The number of ether oxygens (including phenoxy) is 1. The Morgan fingerprint density at radius 3 is 2.03 bits per heavy atom. The molecule has 0 bridgehead atoms. The van der Waals surface area contributed by atoms with Crippen molar-refractivity contribution in [1.29, 1.82) is 0 Å². The fourth-order valence-electron chi connectivity index (χ4n) is 3.64. The molecule has 3 aromatic carbocycles. The van der Waals surface area contributed by atoms with Crippen LogP contribution in [0.3, 0.4) is 0 Å². The van der Waals surface area contributed by atoms with Gasteiger partial charge < -0.3 is 10.1 Å². The van der Waals surface area contributed by atoms with Gasteiger partial charge in [-0.1, -0.05) is 48.0 Å². The Labute approximate surface area is 193 Å². The molecular formula is C25H26N2O5S. The molecule has 1 amide bonds. The Balaban J connectivity index is 1.75. The number of rotatable bonds is 7. The van der Waals surface area contributed by atoms with Crippen LogP contribution in [0.4, 0.5) is 11.4 Å². The lowest BCUT2D eigenvalue weighted by molar-refractivity contribution is -0.119. The Kier molecular flexibility index (Phi) is 7.18. The Bertz CT molecular complexity index is 1290. The van der Waals surface area contributed by atoms with Crippen LogP contribution in [0.2, 0.25) is 0 Å². The number of aryl methyl sites for hydroxylation is 4. The van der Waals surface area contributed by atoms with Gasteiger partial charge in [0.25, 0.3) is 15.9 Å². The van der Waals surface area contributed by atoms with E-state index in [9.17, 15) is 18.0 Å². The van der Waals surface area contributed by atoms with Crippen molar-refractivity contribution >= 4 is 33.3 Å². The number of carbonyl (C=O) groups is 2. The predicted molar refractivity (Wildman–Crippen MR) is 128 cm³/mol. The Hall–Kier alpha value is -3.65. The second-order valence-corrected chi connectivity index (χ2v) is 9.44. The van der Waals surface area contributed by atoms with Crippen molar-refractivity contribution in [3.63, 3.8) is 0 Å². The van der Waals surface area contributed by atoms with Crippen LogP contribution in [0.5, 0.6) is 0 Å². The molecule has 0 saturated carbocycles. The van der Waals surface area contributed by atoms with E-state index in [0.717, 1.165) is 11.1 Å². The Morgan fingerprint density at radius 2 is 1.39 bits per heavy atom. The first kappa shape index (κ1) is 24.0. The van der Waals surface area contributed by atoms with E-state index in [2.05, 4.69) is 10.0 Å². The number of amides is 1. The minimum Gasteiger partial charge on any atom is -0.452 e. The van der Waals surface area contributed by atoms with Gasteiger partial charge in [0.1, 0.15) is 0 Å². The van der Waals surface area contributed by atoms with Crippen molar-refractivity contribution in [3.8, 4) is 0 Å². The number of nitrogens with one attached hydrogen (secondary N) is 2. The number of hydrogen-bond donors (Lipinski definition) is 2. The normalized spacial score (nSPS) is 11.0. The summed E-state index contributed by atoms with van der Waals surface area (Å²) in [6.07, 6.45) is 0. The Morgan fingerprint density at radius 1 is 0.818 bits per heavy atom. The highest BCUT2D eigenvalue weighted by atomic mass is 32.2. The molecule has 0 aliphatic carbocycles. The molecule has 0 atom stereocenters. The van der Waals surface area contributed by atoms with E-state index < -0.39 is 28.5 Å². The second kappa shape index (κ2) is 9.87. The number of benzene rings is 3. The van der Waals surface area contributed by atoms with Crippen molar-refractivity contribution in [2.75, 3.05) is 16.6 Å². The lowest BCUT2D eigenvalue weighted by atomic mass is 10.1. The zero-order chi connectivity index (χ0) is 24.2. The van der Waals surface area contributed by atoms with E-state index >= 15 is 0 Å². The molecule has 172 valence electrons. The molecule has 2 N–H and O–H groups in total. The first-order valence-electron chi connectivity index (χ1n) is 10.3. The number of anilines is 2. The maximum absolute atomic E-state index is 13.1. The summed E-state index contributed by atoms with van der Waals surface area (Å²) in [6, 6.07) is 16.9. The molecule has 0 aliphatic heterocycles. The van der Waals surface area contributed by atoms with Crippen LogP contribution in [0.1, 0.15) is 32.6 Å². The monoisotopic (exact) mass is 466 g/mol. The van der Waals surface area contributed by atoms with Gasteiger partial charge in [-0.2, -0.15) is 0 Å². The highest BCUT2D eigenvalue weighted by molar-refractivity contribution is 7.92. The molecule has 0 fully saturated rings. The van der Waals surface area contributed by atoms with Gasteiger partial charge in [-0.3, -0.25) is 9.52 Å². The molecule has 0 radical (unpaired) electrons. The number of hydrogen-bond acceptors (Lipinski definition) is 5. The zero-order valence-corrected chi connectivity index (χ0v) is 19.7. The molecule has 0 aliphatic rings. The smallest absolute Gasteiger partial charge is 0.340 e. The number of para-hydroxylation sites is 2. The molecule has 0 heterocycles. The third-order valence-electron chi connectivity index (χ3n) is 5.02. The van der Waals surface area contributed by atoms with Gasteiger partial charge in [-0.15, -0.1) is 0 Å². The van der Waals surface area contributed by atoms with E-state index in [0.29, 0.717) is 16.8 Å². The predicted octanol–water partition coefficient (Wildman–Crippen LogP) is 4.52. The van der Waals surface area contributed by atoms with Crippen LogP contribution in [-0.4, -0.2) is 26.9 Å².